The molecule has 28 heavy (non-hydrogen) atoms. The van der Waals surface area contributed by atoms with Crippen LogP contribution < -0.4 is 5.32 Å². The molecular formula is C20H26N4O3S. The van der Waals surface area contributed by atoms with Crippen LogP contribution >= 0.6 is 11.3 Å². The molecule has 0 unspecified atom stereocenters. The minimum absolute atomic E-state index is 0.0872. The van der Waals surface area contributed by atoms with E-state index in [0.717, 1.165) is 62.5 Å². The molecule has 4 heterocycles. The van der Waals surface area contributed by atoms with Crippen molar-refractivity contribution in [1.29, 1.82) is 0 Å². The molecule has 2 aromatic heterocycles. The molecule has 1 N–H and O–H groups in total. The summed E-state index contributed by atoms with van der Waals surface area (Å²) in [5, 5.41) is 7.18. The number of carbonyl (C=O) groups is 1. The number of nitrogens with one attached hydrogen (secondary N) is 1. The molecule has 0 radical (unpaired) electrons. The average molecular weight is 403 g/mol. The van der Waals surface area contributed by atoms with E-state index in [1.807, 2.05) is 6.92 Å². The number of ether oxygens (including phenoxy) is 1. The van der Waals surface area contributed by atoms with E-state index in [2.05, 4.69) is 26.4 Å². The second-order valence-corrected chi connectivity index (χ2v) is 9.28. The number of likely N-dealkylation sites (tertiary alicyclic amines) is 1. The molecule has 2 aliphatic heterocycles. The van der Waals surface area contributed by atoms with E-state index >= 15 is 0 Å². The van der Waals surface area contributed by atoms with Gasteiger partial charge in [0, 0.05) is 37.4 Å². The first-order valence-corrected chi connectivity index (χ1v) is 11.0. The number of carbonyl (C=O) groups excluding carboxylic acids is 1. The number of aryl methyl sites for hydroxylation is 1. The van der Waals surface area contributed by atoms with Gasteiger partial charge in [0.15, 0.2) is 5.82 Å². The van der Waals surface area contributed by atoms with Crippen LogP contribution in [0.15, 0.2) is 10.6 Å². The number of piperidine rings is 1. The number of fused-ring (bicyclic) bond motifs is 2. The Morgan fingerprint density at radius 2 is 2.21 bits per heavy atom. The van der Waals surface area contributed by atoms with E-state index in [-0.39, 0.29) is 11.5 Å². The van der Waals surface area contributed by atoms with Crippen LogP contribution in [0.1, 0.15) is 63.9 Å². The first kappa shape index (κ1) is 18.3. The largest absolute Gasteiger partial charge is 0.370 e. The highest BCUT2D eigenvalue weighted by molar-refractivity contribution is 7.14. The summed E-state index contributed by atoms with van der Waals surface area (Å²) in [7, 11) is 0. The summed E-state index contributed by atoms with van der Waals surface area (Å²) in [5.41, 5.74) is 1.00. The van der Waals surface area contributed by atoms with Crippen molar-refractivity contribution in [1.82, 2.24) is 20.4 Å². The fourth-order valence-corrected chi connectivity index (χ4v) is 5.56. The van der Waals surface area contributed by atoms with Crippen LogP contribution in [-0.2, 0) is 23.3 Å². The monoisotopic (exact) mass is 402 g/mol. The van der Waals surface area contributed by atoms with Crippen molar-refractivity contribution >= 4 is 17.2 Å². The lowest BCUT2D eigenvalue weighted by Crippen LogP contribution is -2.46. The maximum atomic E-state index is 12.6. The van der Waals surface area contributed by atoms with E-state index in [4.69, 9.17) is 9.26 Å². The quantitative estimate of drug-likeness (QED) is 0.847. The number of hydrogen-bond acceptors (Lipinski definition) is 7. The zero-order valence-electron chi connectivity index (χ0n) is 16.2. The Bertz CT molecular complexity index is 865. The Morgan fingerprint density at radius 3 is 2.89 bits per heavy atom. The van der Waals surface area contributed by atoms with Gasteiger partial charge >= 0.3 is 0 Å². The van der Waals surface area contributed by atoms with Gasteiger partial charge in [-0.15, -0.1) is 11.3 Å². The molecular weight excluding hydrogens is 376 g/mol. The molecule has 1 spiro atoms. The first-order chi connectivity index (χ1) is 13.6. The summed E-state index contributed by atoms with van der Waals surface area (Å²) in [4.78, 5) is 21.4. The number of aromatic nitrogens is 2. The molecule has 1 aliphatic carbocycles. The zero-order valence-corrected chi connectivity index (χ0v) is 17.0. The van der Waals surface area contributed by atoms with Gasteiger partial charge in [0.05, 0.1) is 23.6 Å². The SMILES string of the molecule is Cc1nc(CN2CCC3(CC2)OCCc2sc(C(=O)NC4CCC4)cc23)no1. The smallest absolute Gasteiger partial charge is 0.261 e. The molecule has 2 aromatic rings. The van der Waals surface area contributed by atoms with Gasteiger partial charge in [-0.1, -0.05) is 5.16 Å². The minimum atomic E-state index is -0.247. The summed E-state index contributed by atoms with van der Waals surface area (Å²) in [6.07, 6.45) is 6.21. The van der Waals surface area contributed by atoms with Crippen LogP contribution in [0.2, 0.25) is 0 Å². The number of amides is 1. The van der Waals surface area contributed by atoms with Crippen LogP contribution in [0.4, 0.5) is 0 Å². The highest BCUT2D eigenvalue weighted by Crippen LogP contribution is 2.44. The summed E-state index contributed by atoms with van der Waals surface area (Å²) < 4.78 is 11.4. The van der Waals surface area contributed by atoms with E-state index in [1.165, 1.54) is 16.9 Å². The normalized spacial score (nSPS) is 22.0. The van der Waals surface area contributed by atoms with Gasteiger partial charge in [-0.2, -0.15) is 4.98 Å². The standard InChI is InChI=1S/C20H26N4O3S/c1-13-21-18(23-27-13)12-24-8-6-20(7-9-24)15-11-17(28-16(15)5-10-26-20)19(25)22-14-3-2-4-14/h11,14H,2-10,12H2,1H3,(H,22,25). The first-order valence-electron chi connectivity index (χ1n) is 10.2. The molecule has 1 saturated carbocycles. The van der Waals surface area contributed by atoms with Gasteiger partial charge in [0.25, 0.3) is 5.91 Å². The van der Waals surface area contributed by atoms with Crippen molar-refractivity contribution in [2.75, 3.05) is 19.7 Å². The summed E-state index contributed by atoms with van der Waals surface area (Å²) >= 11 is 1.66. The second-order valence-electron chi connectivity index (χ2n) is 8.15. The molecule has 3 aliphatic rings. The molecule has 5 rings (SSSR count). The maximum Gasteiger partial charge on any atom is 0.261 e. The van der Waals surface area contributed by atoms with E-state index in [1.54, 1.807) is 11.3 Å². The molecule has 0 bridgehead atoms. The fraction of sp³-hybridized carbons (Fsp3) is 0.650. The predicted molar refractivity (Wildman–Crippen MR) is 104 cm³/mol. The average Bonchev–Trinajstić information content (AvgIpc) is 3.27. The lowest BCUT2D eigenvalue weighted by atomic mass is 9.82. The Balaban J connectivity index is 1.28. The maximum absolute atomic E-state index is 12.6. The molecule has 8 heteroatoms. The molecule has 0 aromatic carbocycles. The minimum Gasteiger partial charge on any atom is -0.370 e. The molecule has 7 nitrogen and oxygen atoms in total. The van der Waals surface area contributed by atoms with Gasteiger partial charge in [0.2, 0.25) is 5.89 Å². The van der Waals surface area contributed by atoms with Crippen molar-refractivity contribution in [3.05, 3.63) is 33.1 Å². The third kappa shape index (κ3) is 3.38. The number of hydrogen-bond donors (Lipinski definition) is 1. The molecule has 1 saturated heterocycles. The van der Waals surface area contributed by atoms with Gasteiger partial charge in [-0.25, -0.2) is 0 Å². The highest BCUT2D eigenvalue weighted by Gasteiger charge is 2.42. The lowest BCUT2D eigenvalue weighted by molar-refractivity contribution is -0.0983. The van der Waals surface area contributed by atoms with Crippen LogP contribution in [0.3, 0.4) is 0 Å². The van der Waals surface area contributed by atoms with Gasteiger partial charge < -0.3 is 14.6 Å². The van der Waals surface area contributed by atoms with Gasteiger partial charge in [0.1, 0.15) is 0 Å². The van der Waals surface area contributed by atoms with Crippen molar-refractivity contribution < 1.29 is 14.1 Å². The zero-order chi connectivity index (χ0) is 19.1. The lowest BCUT2D eigenvalue weighted by Gasteiger charge is -2.43. The number of nitrogens with zero attached hydrogens (tertiary/aromatic N) is 3. The van der Waals surface area contributed by atoms with Gasteiger partial charge in [-0.3, -0.25) is 9.69 Å². The molecule has 150 valence electrons. The molecule has 0 atom stereocenters. The van der Waals surface area contributed by atoms with Gasteiger partial charge in [-0.05, 0) is 43.7 Å². The topological polar surface area (TPSA) is 80.5 Å². The number of rotatable bonds is 4. The van der Waals surface area contributed by atoms with Crippen molar-refractivity contribution in [2.45, 2.75) is 63.6 Å². The summed E-state index contributed by atoms with van der Waals surface area (Å²) in [5.74, 6) is 1.43. The molecule has 1 amide bonds. The fourth-order valence-electron chi connectivity index (χ4n) is 4.43. The third-order valence-corrected chi connectivity index (χ3v) is 7.46. The molecule has 2 fully saturated rings. The predicted octanol–water partition coefficient (Wildman–Crippen LogP) is 2.79. The Labute approximate surface area is 168 Å². The van der Waals surface area contributed by atoms with E-state index in [0.29, 0.717) is 18.5 Å². The van der Waals surface area contributed by atoms with Crippen molar-refractivity contribution in [3.8, 4) is 0 Å². The van der Waals surface area contributed by atoms with Crippen LogP contribution in [0.5, 0.6) is 0 Å². The van der Waals surface area contributed by atoms with E-state index < -0.39 is 0 Å². The Hall–Kier alpha value is -1.77. The van der Waals surface area contributed by atoms with Crippen molar-refractivity contribution in [3.63, 3.8) is 0 Å². The summed E-state index contributed by atoms with van der Waals surface area (Å²) in [6, 6.07) is 2.47. The van der Waals surface area contributed by atoms with Crippen LogP contribution in [0, 0.1) is 6.92 Å². The van der Waals surface area contributed by atoms with Crippen molar-refractivity contribution in [2.24, 2.45) is 0 Å². The Morgan fingerprint density at radius 1 is 1.39 bits per heavy atom. The van der Waals surface area contributed by atoms with Crippen LogP contribution in [-0.4, -0.2) is 46.7 Å². The van der Waals surface area contributed by atoms with Crippen LogP contribution in [0.25, 0.3) is 0 Å². The Kier molecular flexibility index (Phi) is 4.72. The highest BCUT2D eigenvalue weighted by atomic mass is 32.1. The third-order valence-electron chi connectivity index (χ3n) is 6.27. The van der Waals surface area contributed by atoms with E-state index in [9.17, 15) is 4.79 Å². The summed E-state index contributed by atoms with van der Waals surface area (Å²) in [6.45, 7) is 5.10. The second kappa shape index (κ2) is 7.24. The number of thiophene rings is 1.